The molecule has 0 aromatic rings. The van der Waals surface area contributed by atoms with Crippen molar-refractivity contribution in [3.05, 3.63) is 0 Å². The number of unbranched alkanes of at least 4 members (excludes halogenated alkanes) is 8. The second-order valence-electron chi connectivity index (χ2n) is 5.60. The van der Waals surface area contributed by atoms with Crippen LogP contribution in [0.15, 0.2) is 0 Å². The van der Waals surface area contributed by atoms with Crippen LogP contribution in [0.4, 0.5) is 0 Å². The minimum atomic E-state index is -0.659. The third-order valence-corrected chi connectivity index (χ3v) is 3.18. The summed E-state index contributed by atoms with van der Waals surface area (Å²) >= 11 is 0. The summed E-state index contributed by atoms with van der Waals surface area (Å²) in [6.45, 7) is 6.91. The van der Waals surface area contributed by atoms with Crippen LogP contribution in [0, 0.1) is 0 Å². The van der Waals surface area contributed by atoms with Crippen molar-refractivity contribution in [3.8, 4) is 0 Å². The second kappa shape index (κ2) is 19.4. The lowest BCUT2D eigenvalue weighted by Crippen LogP contribution is -2.25. The van der Waals surface area contributed by atoms with Crippen LogP contribution in [0.5, 0.6) is 0 Å². The average molecular weight is 303 g/mol. The number of carboxylic acid groups (broad SMARTS) is 1. The minimum absolute atomic E-state index is 0.343. The monoisotopic (exact) mass is 303 g/mol. The van der Waals surface area contributed by atoms with Crippen molar-refractivity contribution in [2.24, 2.45) is 0 Å². The fourth-order valence-corrected chi connectivity index (χ4v) is 1.94. The molecule has 0 saturated heterocycles. The van der Waals surface area contributed by atoms with Gasteiger partial charge >= 0.3 is 5.97 Å². The van der Waals surface area contributed by atoms with Gasteiger partial charge in [-0.05, 0) is 26.3 Å². The maximum Gasteiger partial charge on any atom is 0.303 e. The van der Waals surface area contributed by atoms with Crippen molar-refractivity contribution >= 4 is 5.97 Å². The molecule has 0 rings (SSSR count). The summed E-state index contributed by atoms with van der Waals surface area (Å²) in [5.41, 5.74) is 0. The lowest BCUT2D eigenvalue weighted by atomic mass is 10.1. The lowest BCUT2D eigenvalue weighted by molar-refractivity contribution is -0.137. The molecule has 0 aliphatic rings. The number of hydrogen-bond donors (Lipinski definition) is 3. The molecule has 0 aliphatic carbocycles. The fourth-order valence-electron chi connectivity index (χ4n) is 1.94. The van der Waals surface area contributed by atoms with Gasteiger partial charge in [0, 0.05) is 6.42 Å². The molecule has 0 fully saturated rings. The van der Waals surface area contributed by atoms with Gasteiger partial charge in [0.15, 0.2) is 0 Å². The molecule has 0 aromatic carbocycles. The Morgan fingerprint density at radius 3 is 1.71 bits per heavy atom. The summed E-state index contributed by atoms with van der Waals surface area (Å²) < 4.78 is 0. The molecule has 1 atom stereocenters. The van der Waals surface area contributed by atoms with Crippen molar-refractivity contribution in [1.82, 2.24) is 5.32 Å². The maximum atomic E-state index is 10.2. The summed E-state index contributed by atoms with van der Waals surface area (Å²) in [5.74, 6) is -0.659. The van der Waals surface area contributed by atoms with E-state index in [-0.39, 0.29) is 6.23 Å². The number of nitrogens with one attached hydrogen (secondary N) is 1. The Balaban J connectivity index is 0. The highest BCUT2D eigenvalue weighted by molar-refractivity contribution is 5.66. The van der Waals surface area contributed by atoms with Gasteiger partial charge in [0.25, 0.3) is 0 Å². The van der Waals surface area contributed by atoms with Gasteiger partial charge < -0.3 is 10.2 Å². The lowest BCUT2D eigenvalue weighted by Gasteiger charge is -2.02. The van der Waals surface area contributed by atoms with E-state index < -0.39 is 5.97 Å². The summed E-state index contributed by atoms with van der Waals surface area (Å²) in [6, 6.07) is 0. The Labute approximate surface area is 131 Å². The summed E-state index contributed by atoms with van der Waals surface area (Å²) in [7, 11) is 0. The SMILES string of the molecule is CCCCCCCCCCCC(=O)O.CCCNC(C)O. The van der Waals surface area contributed by atoms with Gasteiger partial charge in [0.1, 0.15) is 6.23 Å². The third kappa shape index (κ3) is 28.3. The van der Waals surface area contributed by atoms with Gasteiger partial charge in [-0.1, -0.05) is 65.2 Å². The molecule has 1 unspecified atom stereocenters. The van der Waals surface area contributed by atoms with Crippen LogP contribution in [0.3, 0.4) is 0 Å². The Hall–Kier alpha value is -0.610. The number of aliphatic hydroxyl groups excluding tert-OH is 1. The molecule has 128 valence electrons. The van der Waals surface area contributed by atoms with E-state index >= 15 is 0 Å². The van der Waals surface area contributed by atoms with E-state index in [4.69, 9.17) is 10.2 Å². The number of carbonyl (C=O) groups is 1. The summed E-state index contributed by atoms with van der Waals surface area (Å²) in [5, 5.41) is 19.8. The Morgan fingerprint density at radius 2 is 1.38 bits per heavy atom. The van der Waals surface area contributed by atoms with Gasteiger partial charge in [-0.2, -0.15) is 0 Å². The van der Waals surface area contributed by atoms with Crippen LogP contribution in [0.25, 0.3) is 0 Å². The topological polar surface area (TPSA) is 69.6 Å². The van der Waals surface area contributed by atoms with Crippen LogP contribution >= 0.6 is 0 Å². The molecule has 0 saturated carbocycles. The highest BCUT2D eigenvalue weighted by atomic mass is 16.4. The Bertz CT molecular complexity index is 208. The third-order valence-electron chi connectivity index (χ3n) is 3.18. The summed E-state index contributed by atoms with van der Waals surface area (Å²) in [4.78, 5) is 10.2. The quantitative estimate of drug-likeness (QED) is 0.350. The largest absolute Gasteiger partial charge is 0.481 e. The predicted molar refractivity (Wildman–Crippen MR) is 89.5 cm³/mol. The highest BCUT2D eigenvalue weighted by Gasteiger charge is 1.96. The Kier molecular flexibility index (Phi) is 20.9. The minimum Gasteiger partial charge on any atom is -0.481 e. The van der Waals surface area contributed by atoms with Crippen molar-refractivity contribution in [2.45, 2.75) is 97.6 Å². The van der Waals surface area contributed by atoms with Crippen molar-refractivity contribution in [2.75, 3.05) is 6.54 Å². The van der Waals surface area contributed by atoms with E-state index in [0.717, 1.165) is 25.8 Å². The van der Waals surface area contributed by atoms with Gasteiger partial charge in [0.2, 0.25) is 0 Å². The molecule has 0 aromatic heterocycles. The fraction of sp³-hybridized carbons (Fsp3) is 0.941. The smallest absolute Gasteiger partial charge is 0.303 e. The van der Waals surface area contributed by atoms with Gasteiger partial charge in [0.05, 0.1) is 0 Å². The molecule has 3 N–H and O–H groups in total. The van der Waals surface area contributed by atoms with Crippen molar-refractivity contribution in [1.29, 1.82) is 0 Å². The number of rotatable bonds is 13. The standard InChI is InChI=1S/C12H24O2.C5H13NO/c1-2-3-4-5-6-7-8-9-10-11-12(13)14;1-3-4-6-5(2)7/h2-11H2,1H3,(H,13,14);5-7H,3-4H2,1-2H3. The van der Waals surface area contributed by atoms with Gasteiger partial charge in [-0.3, -0.25) is 10.1 Å². The molecule has 0 amide bonds. The van der Waals surface area contributed by atoms with Gasteiger partial charge in [-0.15, -0.1) is 0 Å². The normalized spacial score (nSPS) is 11.6. The summed E-state index contributed by atoms with van der Waals surface area (Å²) in [6.07, 6.45) is 12.2. The number of aliphatic carboxylic acids is 1. The first-order valence-corrected chi connectivity index (χ1v) is 8.67. The molecular formula is C17H37NO3. The van der Waals surface area contributed by atoms with E-state index in [1.807, 2.05) is 0 Å². The van der Waals surface area contributed by atoms with Crippen LogP contribution in [0.2, 0.25) is 0 Å². The van der Waals surface area contributed by atoms with E-state index in [9.17, 15) is 4.79 Å². The Morgan fingerprint density at radius 1 is 0.905 bits per heavy atom. The van der Waals surface area contributed by atoms with Crippen LogP contribution in [-0.2, 0) is 4.79 Å². The number of aliphatic hydroxyl groups is 1. The van der Waals surface area contributed by atoms with Crippen LogP contribution in [0.1, 0.15) is 91.4 Å². The molecule has 4 nitrogen and oxygen atoms in total. The second-order valence-corrected chi connectivity index (χ2v) is 5.60. The van der Waals surface area contributed by atoms with E-state index in [1.165, 1.54) is 44.9 Å². The molecule has 0 heterocycles. The molecule has 0 spiro atoms. The molecular weight excluding hydrogens is 266 g/mol. The van der Waals surface area contributed by atoms with E-state index in [1.54, 1.807) is 6.92 Å². The van der Waals surface area contributed by atoms with E-state index in [0.29, 0.717) is 6.42 Å². The van der Waals surface area contributed by atoms with Crippen molar-refractivity contribution < 1.29 is 15.0 Å². The van der Waals surface area contributed by atoms with E-state index in [2.05, 4.69) is 19.2 Å². The van der Waals surface area contributed by atoms with Gasteiger partial charge in [-0.25, -0.2) is 0 Å². The predicted octanol–water partition coefficient (Wildman–Crippen LogP) is 4.32. The van der Waals surface area contributed by atoms with Crippen LogP contribution < -0.4 is 5.32 Å². The van der Waals surface area contributed by atoms with Crippen LogP contribution in [-0.4, -0.2) is 29.0 Å². The molecule has 21 heavy (non-hydrogen) atoms. The zero-order valence-corrected chi connectivity index (χ0v) is 14.4. The molecule has 4 heteroatoms. The maximum absolute atomic E-state index is 10.2. The highest BCUT2D eigenvalue weighted by Crippen LogP contribution is 2.10. The molecule has 0 bridgehead atoms. The number of carboxylic acids is 1. The molecule has 0 radical (unpaired) electrons. The first-order valence-electron chi connectivity index (χ1n) is 8.67. The first-order chi connectivity index (χ1) is 10.0. The molecule has 0 aliphatic heterocycles. The zero-order valence-electron chi connectivity index (χ0n) is 14.4. The van der Waals surface area contributed by atoms with Crippen molar-refractivity contribution in [3.63, 3.8) is 0 Å². The number of hydrogen-bond acceptors (Lipinski definition) is 3. The zero-order chi connectivity index (χ0) is 16.3. The first kappa shape index (κ1) is 22.7. The average Bonchev–Trinajstić information content (AvgIpc) is 2.43.